The lowest BCUT2D eigenvalue weighted by molar-refractivity contribution is -0.116. The summed E-state index contributed by atoms with van der Waals surface area (Å²) in [6.45, 7) is 4.38. The third-order valence-corrected chi connectivity index (χ3v) is 3.68. The fourth-order valence-electron chi connectivity index (χ4n) is 2.06. The van der Waals surface area contributed by atoms with Crippen LogP contribution in [0.15, 0.2) is 42.7 Å². The minimum Gasteiger partial charge on any atom is -0.345 e. The molecule has 0 fully saturated rings. The van der Waals surface area contributed by atoms with E-state index in [-0.39, 0.29) is 18.5 Å². The Morgan fingerprint density at radius 3 is 2.71 bits per heavy atom. The number of amides is 1. The van der Waals surface area contributed by atoms with Crippen LogP contribution in [0, 0.1) is 5.92 Å². The van der Waals surface area contributed by atoms with Crippen LogP contribution in [0.2, 0.25) is 5.02 Å². The van der Waals surface area contributed by atoms with E-state index in [0.29, 0.717) is 16.6 Å². The lowest BCUT2D eigenvalue weighted by atomic mass is 10.00. The van der Waals surface area contributed by atoms with Crippen molar-refractivity contribution < 1.29 is 4.79 Å². The number of anilines is 1. The average molecular weight is 306 g/mol. The van der Waals surface area contributed by atoms with Crippen LogP contribution >= 0.6 is 11.6 Å². The molecule has 1 heterocycles. The number of para-hydroxylation sites is 1. The fraction of sp³-hybridized carbons (Fsp3) is 0.312. The number of halogens is 1. The van der Waals surface area contributed by atoms with Crippen LogP contribution in [0.25, 0.3) is 0 Å². The molecule has 1 aromatic carbocycles. The summed E-state index contributed by atoms with van der Waals surface area (Å²) in [6.07, 6.45) is 3.78. The number of nitrogens with one attached hydrogen (secondary N) is 1. The predicted molar refractivity (Wildman–Crippen MR) is 86.3 cm³/mol. The Kier molecular flexibility index (Phi) is 5.04. The van der Waals surface area contributed by atoms with Crippen molar-refractivity contribution in [2.75, 3.05) is 5.32 Å². The first-order valence-corrected chi connectivity index (χ1v) is 7.31. The quantitative estimate of drug-likeness (QED) is 0.889. The summed E-state index contributed by atoms with van der Waals surface area (Å²) in [4.78, 5) is 12.0. The first-order chi connectivity index (χ1) is 9.97. The van der Waals surface area contributed by atoms with Gasteiger partial charge in [0.15, 0.2) is 0 Å². The van der Waals surface area contributed by atoms with Gasteiger partial charge in [0.25, 0.3) is 0 Å². The number of rotatable bonds is 5. The Morgan fingerprint density at radius 2 is 2.05 bits per heavy atom. The Balaban J connectivity index is 1.99. The van der Waals surface area contributed by atoms with E-state index in [4.69, 9.17) is 17.3 Å². The topological polar surface area (TPSA) is 60.0 Å². The zero-order chi connectivity index (χ0) is 15.4. The summed E-state index contributed by atoms with van der Waals surface area (Å²) < 4.78 is 1.82. The minimum atomic E-state index is -0.122. The number of hydrogen-bond donors (Lipinski definition) is 2. The molecule has 1 aromatic heterocycles. The molecule has 2 aromatic rings. The predicted octanol–water partition coefficient (Wildman–Crippen LogP) is 3.44. The van der Waals surface area contributed by atoms with Gasteiger partial charge in [-0.1, -0.05) is 37.6 Å². The van der Waals surface area contributed by atoms with Crippen LogP contribution in [0.5, 0.6) is 0 Å². The van der Waals surface area contributed by atoms with Crippen LogP contribution < -0.4 is 11.1 Å². The van der Waals surface area contributed by atoms with Gasteiger partial charge in [0, 0.05) is 18.4 Å². The van der Waals surface area contributed by atoms with Crippen molar-refractivity contribution in [3.05, 3.63) is 53.3 Å². The maximum absolute atomic E-state index is 12.0. The SMILES string of the molecule is CC(C)C(N)c1ccn(CC(=O)Nc2ccccc2Cl)c1. The second kappa shape index (κ2) is 6.78. The van der Waals surface area contributed by atoms with Crippen molar-refractivity contribution in [1.29, 1.82) is 0 Å². The molecule has 5 heteroatoms. The number of carbonyl (C=O) groups is 1. The Morgan fingerprint density at radius 1 is 1.33 bits per heavy atom. The maximum Gasteiger partial charge on any atom is 0.244 e. The smallest absolute Gasteiger partial charge is 0.244 e. The number of aromatic nitrogens is 1. The van der Waals surface area contributed by atoms with Gasteiger partial charge in [0.1, 0.15) is 6.54 Å². The van der Waals surface area contributed by atoms with E-state index >= 15 is 0 Å². The summed E-state index contributed by atoms with van der Waals surface area (Å²) in [5.41, 5.74) is 7.75. The Bertz CT molecular complexity index is 621. The third-order valence-electron chi connectivity index (χ3n) is 3.35. The molecule has 3 N–H and O–H groups in total. The molecular formula is C16H20ClN3O. The van der Waals surface area contributed by atoms with Crippen LogP contribution in [0.4, 0.5) is 5.69 Å². The molecule has 0 radical (unpaired) electrons. The molecule has 0 saturated carbocycles. The second-order valence-corrected chi connectivity index (χ2v) is 5.82. The lowest BCUT2D eigenvalue weighted by Crippen LogP contribution is -2.19. The van der Waals surface area contributed by atoms with Gasteiger partial charge in [0.2, 0.25) is 5.91 Å². The monoisotopic (exact) mass is 305 g/mol. The molecule has 4 nitrogen and oxygen atoms in total. The first kappa shape index (κ1) is 15.6. The highest BCUT2D eigenvalue weighted by Crippen LogP contribution is 2.21. The summed E-state index contributed by atoms with van der Waals surface area (Å²) >= 11 is 6.01. The van der Waals surface area contributed by atoms with Crippen LogP contribution in [-0.2, 0) is 11.3 Å². The van der Waals surface area contributed by atoms with E-state index < -0.39 is 0 Å². The zero-order valence-electron chi connectivity index (χ0n) is 12.2. The molecule has 112 valence electrons. The summed E-state index contributed by atoms with van der Waals surface area (Å²) in [6, 6.07) is 9.11. The van der Waals surface area contributed by atoms with Crippen molar-refractivity contribution in [2.24, 2.45) is 11.7 Å². The maximum atomic E-state index is 12.0. The van der Waals surface area contributed by atoms with Gasteiger partial charge in [-0.3, -0.25) is 4.79 Å². The van der Waals surface area contributed by atoms with Gasteiger partial charge >= 0.3 is 0 Å². The number of nitrogens with two attached hydrogens (primary N) is 1. The van der Waals surface area contributed by atoms with Crippen molar-refractivity contribution in [3.8, 4) is 0 Å². The lowest BCUT2D eigenvalue weighted by Gasteiger charge is -2.13. The third kappa shape index (κ3) is 4.09. The minimum absolute atomic E-state index is 0.0159. The number of nitrogens with zero attached hydrogens (tertiary/aromatic N) is 1. The van der Waals surface area contributed by atoms with Crippen molar-refractivity contribution in [3.63, 3.8) is 0 Å². The van der Waals surface area contributed by atoms with Crippen molar-refractivity contribution >= 4 is 23.2 Å². The van der Waals surface area contributed by atoms with Crippen molar-refractivity contribution in [1.82, 2.24) is 4.57 Å². The highest BCUT2D eigenvalue weighted by atomic mass is 35.5. The molecule has 0 aliphatic carbocycles. The molecule has 0 aliphatic heterocycles. The van der Waals surface area contributed by atoms with Gasteiger partial charge < -0.3 is 15.6 Å². The van der Waals surface area contributed by atoms with Gasteiger partial charge in [-0.15, -0.1) is 0 Å². The molecule has 2 rings (SSSR count). The van der Waals surface area contributed by atoms with E-state index in [9.17, 15) is 4.79 Å². The van der Waals surface area contributed by atoms with E-state index in [1.165, 1.54) is 0 Å². The van der Waals surface area contributed by atoms with Gasteiger partial charge in [-0.2, -0.15) is 0 Å². The number of hydrogen-bond acceptors (Lipinski definition) is 2. The molecule has 0 saturated heterocycles. The van der Waals surface area contributed by atoms with E-state index in [2.05, 4.69) is 19.2 Å². The highest BCUT2D eigenvalue weighted by molar-refractivity contribution is 6.33. The average Bonchev–Trinajstić information content (AvgIpc) is 2.88. The summed E-state index contributed by atoms with van der Waals surface area (Å²) in [5, 5.41) is 3.33. The molecule has 1 amide bonds. The number of carbonyl (C=O) groups excluding carboxylic acids is 1. The van der Waals surface area contributed by atoms with E-state index in [1.54, 1.807) is 12.1 Å². The van der Waals surface area contributed by atoms with Gasteiger partial charge in [0.05, 0.1) is 10.7 Å². The van der Waals surface area contributed by atoms with Gasteiger partial charge in [-0.05, 0) is 29.7 Å². The Labute approximate surface area is 129 Å². The van der Waals surface area contributed by atoms with Gasteiger partial charge in [-0.25, -0.2) is 0 Å². The molecule has 21 heavy (non-hydrogen) atoms. The van der Waals surface area contributed by atoms with Crippen molar-refractivity contribution in [2.45, 2.75) is 26.4 Å². The summed E-state index contributed by atoms with van der Waals surface area (Å²) in [5.74, 6) is 0.237. The zero-order valence-corrected chi connectivity index (χ0v) is 13.0. The Hall–Kier alpha value is -1.78. The molecule has 0 aliphatic rings. The van der Waals surface area contributed by atoms with Crippen LogP contribution in [-0.4, -0.2) is 10.5 Å². The highest BCUT2D eigenvalue weighted by Gasteiger charge is 2.12. The standard InChI is InChI=1S/C16H20ClN3O/c1-11(2)16(18)12-7-8-20(9-12)10-15(21)19-14-6-4-3-5-13(14)17/h3-9,11,16H,10,18H2,1-2H3,(H,19,21). The molecule has 0 spiro atoms. The van der Waals surface area contributed by atoms with E-state index in [1.807, 2.05) is 35.2 Å². The molecule has 1 unspecified atom stereocenters. The molecule has 0 bridgehead atoms. The fourth-order valence-corrected chi connectivity index (χ4v) is 2.24. The van der Waals surface area contributed by atoms with E-state index in [0.717, 1.165) is 5.56 Å². The second-order valence-electron chi connectivity index (χ2n) is 5.41. The molecular weight excluding hydrogens is 286 g/mol. The molecule has 1 atom stereocenters. The normalized spacial score (nSPS) is 12.4. The van der Waals surface area contributed by atoms with Crippen LogP contribution in [0.3, 0.4) is 0 Å². The van der Waals surface area contributed by atoms with Crippen LogP contribution in [0.1, 0.15) is 25.5 Å². The first-order valence-electron chi connectivity index (χ1n) is 6.93. The largest absolute Gasteiger partial charge is 0.345 e. The summed E-state index contributed by atoms with van der Waals surface area (Å²) in [7, 11) is 0. The number of benzene rings is 1.